The average Bonchev–Trinajstić information content (AvgIpc) is 2.53. The van der Waals surface area contributed by atoms with Crippen LogP contribution < -0.4 is 5.14 Å². The molecule has 3 N–H and O–H groups in total. The molecule has 102 valence electrons. The molecule has 1 unspecified atom stereocenters. The summed E-state index contributed by atoms with van der Waals surface area (Å²) >= 11 is 0. The molecule has 1 aromatic carbocycles. The molecule has 0 aliphatic carbocycles. The molecule has 2 rings (SSSR count). The maximum atomic E-state index is 11.9. The van der Waals surface area contributed by atoms with Crippen LogP contribution in [-0.2, 0) is 10.0 Å². The third-order valence-electron chi connectivity index (χ3n) is 2.70. The second kappa shape index (κ2) is 4.72. The number of carbonyl (C=O) groups excluding carboxylic acids is 2. The number of fused-ring (bicyclic) bond motifs is 1. The molecule has 0 radical (unpaired) electrons. The first-order chi connectivity index (χ1) is 8.79. The summed E-state index contributed by atoms with van der Waals surface area (Å²) in [5, 5.41) is 14.3. The Labute approximate surface area is 109 Å². The lowest BCUT2D eigenvalue weighted by Gasteiger charge is -2.17. The predicted molar refractivity (Wildman–Crippen MR) is 65.8 cm³/mol. The minimum Gasteiger partial charge on any atom is -0.390 e. The molecule has 0 spiro atoms. The number of nitrogens with zero attached hydrogens (tertiary/aromatic N) is 1. The molecule has 19 heavy (non-hydrogen) atoms. The van der Waals surface area contributed by atoms with Gasteiger partial charge in [-0.15, -0.1) is 0 Å². The number of β-amino-alcohol motifs (C(OH)–C–C–N with tert-alkyl or cyclic N) is 1. The Morgan fingerprint density at radius 1 is 1.16 bits per heavy atom. The van der Waals surface area contributed by atoms with Crippen LogP contribution in [0.4, 0.5) is 0 Å². The van der Waals surface area contributed by atoms with E-state index >= 15 is 0 Å². The predicted octanol–water partition coefficient (Wildman–Crippen LogP) is -1.07. The maximum absolute atomic E-state index is 11.9. The number of aliphatic hydroxyl groups is 1. The standard InChI is InChI=1S/C11H12N2O5S/c12-19(17,18)6-7(14)5-13-10(15)8-3-1-2-4-9(8)11(13)16/h1-4,7,14H,5-6H2,(H2,12,17,18). The van der Waals surface area contributed by atoms with Crippen LogP contribution in [-0.4, -0.2) is 48.6 Å². The Kier molecular flexibility index (Phi) is 3.40. The van der Waals surface area contributed by atoms with Crippen LogP contribution in [0.1, 0.15) is 20.7 Å². The fourth-order valence-corrected chi connectivity index (χ4v) is 2.58. The smallest absolute Gasteiger partial charge is 0.261 e. The molecule has 1 aliphatic rings. The number of hydrogen-bond donors (Lipinski definition) is 2. The lowest BCUT2D eigenvalue weighted by atomic mass is 10.1. The Bertz CT molecular complexity index is 605. The van der Waals surface area contributed by atoms with Gasteiger partial charge < -0.3 is 5.11 Å². The van der Waals surface area contributed by atoms with Crippen molar-refractivity contribution in [1.29, 1.82) is 0 Å². The molecule has 1 heterocycles. The van der Waals surface area contributed by atoms with E-state index in [0.717, 1.165) is 4.90 Å². The van der Waals surface area contributed by atoms with Gasteiger partial charge in [-0.1, -0.05) is 12.1 Å². The zero-order chi connectivity index (χ0) is 14.2. The molecule has 1 aromatic rings. The van der Waals surface area contributed by atoms with E-state index in [0.29, 0.717) is 0 Å². The minimum absolute atomic E-state index is 0.246. The van der Waals surface area contributed by atoms with Gasteiger partial charge in [-0.2, -0.15) is 0 Å². The van der Waals surface area contributed by atoms with Crippen molar-refractivity contribution in [3.05, 3.63) is 35.4 Å². The molecule has 0 aromatic heterocycles. The number of imide groups is 1. The zero-order valence-corrected chi connectivity index (χ0v) is 10.6. The van der Waals surface area contributed by atoms with E-state index in [1.54, 1.807) is 12.1 Å². The van der Waals surface area contributed by atoms with Gasteiger partial charge in [0.2, 0.25) is 10.0 Å². The van der Waals surface area contributed by atoms with Gasteiger partial charge in [0.25, 0.3) is 11.8 Å². The van der Waals surface area contributed by atoms with Crippen LogP contribution in [0.2, 0.25) is 0 Å². The van der Waals surface area contributed by atoms with E-state index < -0.39 is 40.2 Å². The number of nitrogens with two attached hydrogens (primary N) is 1. The Balaban J connectivity index is 2.17. The van der Waals surface area contributed by atoms with E-state index in [1.807, 2.05) is 0 Å². The van der Waals surface area contributed by atoms with Crippen LogP contribution >= 0.6 is 0 Å². The number of sulfonamides is 1. The Morgan fingerprint density at radius 3 is 2.05 bits per heavy atom. The molecule has 8 heteroatoms. The second-order valence-electron chi connectivity index (χ2n) is 4.25. The van der Waals surface area contributed by atoms with E-state index in [9.17, 15) is 23.1 Å². The van der Waals surface area contributed by atoms with Crippen molar-refractivity contribution in [2.45, 2.75) is 6.10 Å². The van der Waals surface area contributed by atoms with Gasteiger partial charge >= 0.3 is 0 Å². The number of amides is 2. The molecular formula is C11H12N2O5S. The lowest BCUT2D eigenvalue weighted by Crippen LogP contribution is -2.40. The molecule has 0 fully saturated rings. The highest BCUT2D eigenvalue weighted by Crippen LogP contribution is 2.22. The number of primary sulfonamides is 1. The van der Waals surface area contributed by atoms with Gasteiger partial charge in [0.05, 0.1) is 29.5 Å². The maximum Gasteiger partial charge on any atom is 0.261 e. The first-order valence-electron chi connectivity index (χ1n) is 5.43. The summed E-state index contributed by atoms with van der Waals surface area (Å²) in [5.41, 5.74) is 0.491. The molecule has 0 saturated heterocycles. The Hall–Kier alpha value is -1.77. The van der Waals surface area contributed by atoms with Crippen molar-refractivity contribution < 1.29 is 23.1 Å². The van der Waals surface area contributed by atoms with Crippen LogP contribution in [0.3, 0.4) is 0 Å². The van der Waals surface area contributed by atoms with Crippen LogP contribution in [0.25, 0.3) is 0 Å². The van der Waals surface area contributed by atoms with Crippen LogP contribution in [0.15, 0.2) is 24.3 Å². The first kappa shape index (κ1) is 13.7. The van der Waals surface area contributed by atoms with E-state index in [2.05, 4.69) is 0 Å². The van der Waals surface area contributed by atoms with Crippen molar-refractivity contribution in [2.75, 3.05) is 12.3 Å². The fourth-order valence-electron chi connectivity index (χ4n) is 1.94. The largest absolute Gasteiger partial charge is 0.390 e. The number of rotatable bonds is 4. The molecule has 2 amide bonds. The van der Waals surface area contributed by atoms with Gasteiger partial charge in [-0.25, -0.2) is 13.6 Å². The molecule has 1 atom stereocenters. The summed E-state index contributed by atoms with van der Waals surface area (Å²) in [6.45, 7) is -0.400. The van der Waals surface area contributed by atoms with Crippen molar-refractivity contribution in [3.8, 4) is 0 Å². The van der Waals surface area contributed by atoms with E-state index in [1.165, 1.54) is 12.1 Å². The van der Waals surface area contributed by atoms with Crippen molar-refractivity contribution in [3.63, 3.8) is 0 Å². The second-order valence-corrected chi connectivity index (χ2v) is 5.91. The third-order valence-corrected chi connectivity index (χ3v) is 3.55. The van der Waals surface area contributed by atoms with E-state index in [-0.39, 0.29) is 11.1 Å². The summed E-state index contributed by atoms with van der Waals surface area (Å²) in [4.78, 5) is 24.7. The quantitative estimate of drug-likeness (QED) is 0.683. The number of aliphatic hydroxyl groups excluding tert-OH is 1. The first-order valence-corrected chi connectivity index (χ1v) is 7.15. The average molecular weight is 284 g/mol. The monoisotopic (exact) mass is 284 g/mol. The molecule has 7 nitrogen and oxygen atoms in total. The van der Waals surface area contributed by atoms with Gasteiger partial charge in [0.15, 0.2) is 0 Å². The molecule has 0 saturated carbocycles. The zero-order valence-electron chi connectivity index (χ0n) is 9.81. The SMILES string of the molecule is NS(=O)(=O)CC(O)CN1C(=O)c2ccccc2C1=O. The Morgan fingerprint density at radius 2 is 1.63 bits per heavy atom. The number of carbonyl (C=O) groups is 2. The topological polar surface area (TPSA) is 118 Å². The number of benzene rings is 1. The highest BCUT2D eigenvalue weighted by molar-refractivity contribution is 7.89. The molecule has 0 bridgehead atoms. The van der Waals surface area contributed by atoms with Gasteiger partial charge in [0, 0.05) is 0 Å². The van der Waals surface area contributed by atoms with Crippen molar-refractivity contribution in [1.82, 2.24) is 4.90 Å². The minimum atomic E-state index is -3.87. The van der Waals surface area contributed by atoms with Gasteiger partial charge in [-0.3, -0.25) is 14.5 Å². The summed E-state index contributed by atoms with van der Waals surface area (Å²) in [7, 11) is -3.87. The normalized spacial score (nSPS) is 16.6. The van der Waals surface area contributed by atoms with Crippen LogP contribution in [0, 0.1) is 0 Å². The van der Waals surface area contributed by atoms with Gasteiger partial charge in [0.1, 0.15) is 0 Å². The molecule has 1 aliphatic heterocycles. The highest BCUT2D eigenvalue weighted by Gasteiger charge is 2.36. The lowest BCUT2D eigenvalue weighted by molar-refractivity contribution is 0.0565. The van der Waals surface area contributed by atoms with Crippen molar-refractivity contribution >= 4 is 21.8 Å². The molecular weight excluding hydrogens is 272 g/mol. The van der Waals surface area contributed by atoms with E-state index in [4.69, 9.17) is 5.14 Å². The van der Waals surface area contributed by atoms with Crippen LogP contribution in [0.5, 0.6) is 0 Å². The summed E-state index contributed by atoms with van der Waals surface area (Å²) in [6, 6.07) is 6.24. The van der Waals surface area contributed by atoms with Crippen molar-refractivity contribution in [2.24, 2.45) is 5.14 Å². The summed E-state index contributed by atoms with van der Waals surface area (Å²) in [6.07, 6.45) is -1.41. The third kappa shape index (κ3) is 2.80. The summed E-state index contributed by atoms with van der Waals surface area (Å²) in [5.74, 6) is -1.80. The fraction of sp³-hybridized carbons (Fsp3) is 0.273. The summed E-state index contributed by atoms with van der Waals surface area (Å²) < 4.78 is 21.7. The number of hydrogen-bond acceptors (Lipinski definition) is 5. The van der Waals surface area contributed by atoms with Gasteiger partial charge in [-0.05, 0) is 12.1 Å². The highest BCUT2D eigenvalue weighted by atomic mass is 32.2.